The van der Waals surface area contributed by atoms with E-state index in [9.17, 15) is 9.59 Å². The lowest BCUT2D eigenvalue weighted by Gasteiger charge is -2.27. The molecule has 1 aromatic rings. The van der Waals surface area contributed by atoms with Crippen molar-refractivity contribution in [3.8, 4) is 0 Å². The molecule has 1 aliphatic rings. The van der Waals surface area contributed by atoms with Crippen LogP contribution in [0.3, 0.4) is 0 Å². The van der Waals surface area contributed by atoms with Crippen LogP contribution in [0, 0.1) is 11.8 Å². The van der Waals surface area contributed by atoms with Gasteiger partial charge in [0.1, 0.15) is 6.33 Å². The molecule has 1 heterocycles. The summed E-state index contributed by atoms with van der Waals surface area (Å²) < 4.78 is 0. The highest BCUT2D eigenvalue weighted by atomic mass is 16.2. The fourth-order valence-corrected chi connectivity index (χ4v) is 2.59. The molecule has 0 atom stereocenters. The van der Waals surface area contributed by atoms with Crippen molar-refractivity contribution in [1.29, 1.82) is 0 Å². The third-order valence-corrected chi connectivity index (χ3v) is 3.84. The molecule has 2 rings (SSSR count). The quantitative estimate of drug-likeness (QED) is 0.850. The van der Waals surface area contributed by atoms with Gasteiger partial charge in [0, 0.05) is 31.9 Å². The Balaban J connectivity index is 1.74. The Morgan fingerprint density at radius 1 is 1.20 bits per heavy atom. The van der Waals surface area contributed by atoms with Crippen LogP contribution in [0.5, 0.6) is 0 Å². The van der Waals surface area contributed by atoms with Crippen molar-refractivity contribution in [2.24, 2.45) is 11.8 Å². The Bertz CT molecular complexity index is 456. The van der Waals surface area contributed by atoms with E-state index in [1.165, 1.54) is 18.7 Å². The smallest absolute Gasteiger partial charge is 0.254 e. The van der Waals surface area contributed by atoms with Crippen molar-refractivity contribution in [3.63, 3.8) is 0 Å². The molecular formula is C14H20N4O2. The van der Waals surface area contributed by atoms with Crippen LogP contribution in [0.4, 0.5) is 0 Å². The van der Waals surface area contributed by atoms with Crippen molar-refractivity contribution in [2.75, 3.05) is 13.6 Å². The Labute approximate surface area is 118 Å². The largest absolute Gasteiger partial charge is 0.359 e. The van der Waals surface area contributed by atoms with Gasteiger partial charge in [-0.15, -0.1) is 0 Å². The van der Waals surface area contributed by atoms with Crippen LogP contribution in [0.25, 0.3) is 0 Å². The lowest BCUT2D eigenvalue weighted by atomic mass is 9.81. The van der Waals surface area contributed by atoms with E-state index in [0.717, 1.165) is 25.7 Å². The third kappa shape index (κ3) is 3.76. The van der Waals surface area contributed by atoms with E-state index in [0.29, 0.717) is 18.0 Å². The number of carbonyl (C=O) groups is 2. The molecule has 1 fully saturated rings. The summed E-state index contributed by atoms with van der Waals surface area (Å²) in [7, 11) is 1.68. The van der Waals surface area contributed by atoms with Crippen LogP contribution in [0.2, 0.25) is 0 Å². The van der Waals surface area contributed by atoms with Gasteiger partial charge in [-0.05, 0) is 31.6 Å². The van der Waals surface area contributed by atoms with Gasteiger partial charge in [0.05, 0.1) is 5.56 Å². The molecule has 1 saturated carbocycles. The molecule has 0 aromatic carbocycles. The van der Waals surface area contributed by atoms with E-state index in [-0.39, 0.29) is 17.7 Å². The zero-order valence-corrected chi connectivity index (χ0v) is 11.6. The van der Waals surface area contributed by atoms with Crippen LogP contribution in [-0.2, 0) is 4.79 Å². The molecule has 1 aromatic heterocycles. The number of hydrogen-bond acceptors (Lipinski definition) is 4. The summed E-state index contributed by atoms with van der Waals surface area (Å²) in [5, 5.41) is 5.61. The predicted molar refractivity (Wildman–Crippen MR) is 73.9 cm³/mol. The Morgan fingerprint density at radius 3 is 2.45 bits per heavy atom. The predicted octanol–water partition coefficient (Wildman–Crippen LogP) is 0.759. The van der Waals surface area contributed by atoms with E-state index in [2.05, 4.69) is 20.6 Å². The molecule has 108 valence electrons. The zero-order valence-electron chi connectivity index (χ0n) is 11.6. The van der Waals surface area contributed by atoms with Crippen molar-refractivity contribution in [3.05, 3.63) is 24.3 Å². The van der Waals surface area contributed by atoms with Crippen LogP contribution in [-0.4, -0.2) is 35.4 Å². The van der Waals surface area contributed by atoms with E-state index in [4.69, 9.17) is 0 Å². The number of nitrogens with zero attached hydrogens (tertiary/aromatic N) is 2. The average molecular weight is 276 g/mol. The molecule has 1 aliphatic carbocycles. The van der Waals surface area contributed by atoms with Crippen molar-refractivity contribution >= 4 is 11.8 Å². The second-order valence-electron chi connectivity index (χ2n) is 5.17. The van der Waals surface area contributed by atoms with Gasteiger partial charge in [0.25, 0.3) is 5.91 Å². The fraction of sp³-hybridized carbons (Fsp3) is 0.571. The van der Waals surface area contributed by atoms with Crippen LogP contribution in [0.15, 0.2) is 18.7 Å². The maximum Gasteiger partial charge on any atom is 0.254 e. The second kappa shape index (κ2) is 6.98. The molecule has 0 saturated heterocycles. The molecule has 2 amide bonds. The van der Waals surface area contributed by atoms with Gasteiger partial charge in [0.15, 0.2) is 0 Å². The van der Waals surface area contributed by atoms with E-state index >= 15 is 0 Å². The first-order valence-electron chi connectivity index (χ1n) is 6.95. The lowest BCUT2D eigenvalue weighted by molar-refractivity contribution is -0.125. The normalized spacial score (nSPS) is 22.1. The second-order valence-corrected chi connectivity index (χ2v) is 5.17. The summed E-state index contributed by atoms with van der Waals surface area (Å²) in [6.07, 6.45) is 8.16. The number of amides is 2. The minimum Gasteiger partial charge on any atom is -0.359 e. The van der Waals surface area contributed by atoms with Gasteiger partial charge in [-0.2, -0.15) is 0 Å². The number of carbonyl (C=O) groups excluding carboxylic acids is 2. The van der Waals surface area contributed by atoms with Crippen LogP contribution < -0.4 is 10.6 Å². The molecular weight excluding hydrogens is 256 g/mol. The maximum absolute atomic E-state index is 11.9. The molecule has 6 nitrogen and oxygen atoms in total. The van der Waals surface area contributed by atoms with Crippen molar-refractivity contribution in [2.45, 2.75) is 25.7 Å². The zero-order chi connectivity index (χ0) is 14.4. The van der Waals surface area contributed by atoms with E-state index in [1.807, 2.05) is 0 Å². The highest BCUT2D eigenvalue weighted by Gasteiger charge is 2.25. The van der Waals surface area contributed by atoms with E-state index in [1.54, 1.807) is 7.05 Å². The van der Waals surface area contributed by atoms with E-state index < -0.39 is 0 Å². The number of rotatable bonds is 4. The molecule has 0 spiro atoms. The van der Waals surface area contributed by atoms with Gasteiger partial charge in [-0.25, -0.2) is 9.97 Å². The number of nitrogens with one attached hydrogen (secondary N) is 2. The minimum atomic E-state index is -0.140. The molecule has 6 heteroatoms. The molecule has 0 bridgehead atoms. The van der Waals surface area contributed by atoms with Crippen molar-refractivity contribution < 1.29 is 9.59 Å². The lowest BCUT2D eigenvalue weighted by Crippen LogP contribution is -2.35. The molecule has 0 aliphatic heterocycles. The topological polar surface area (TPSA) is 84.0 Å². The SMILES string of the molecule is CNC(=O)C1CCC(CNC(=O)c2cncnc2)CC1. The molecule has 0 unspecified atom stereocenters. The summed E-state index contributed by atoms with van der Waals surface area (Å²) >= 11 is 0. The number of aromatic nitrogens is 2. The summed E-state index contributed by atoms with van der Waals surface area (Å²) in [4.78, 5) is 31.0. The van der Waals surface area contributed by atoms with Crippen LogP contribution >= 0.6 is 0 Å². The first-order chi connectivity index (χ1) is 9.70. The van der Waals surface area contributed by atoms with Crippen molar-refractivity contribution in [1.82, 2.24) is 20.6 Å². The summed E-state index contributed by atoms with van der Waals surface area (Å²) in [6.45, 7) is 0.647. The van der Waals surface area contributed by atoms with Gasteiger partial charge >= 0.3 is 0 Å². The fourth-order valence-electron chi connectivity index (χ4n) is 2.59. The first-order valence-corrected chi connectivity index (χ1v) is 6.95. The van der Waals surface area contributed by atoms with Gasteiger partial charge in [-0.1, -0.05) is 0 Å². The molecule has 0 radical (unpaired) electrons. The summed E-state index contributed by atoms with van der Waals surface area (Å²) in [5.74, 6) is 0.576. The standard InChI is InChI=1S/C14H20N4O2/c1-15-13(19)11-4-2-10(3-5-11)6-18-14(20)12-7-16-9-17-8-12/h7-11H,2-6H2,1H3,(H,15,19)(H,18,20). The third-order valence-electron chi connectivity index (χ3n) is 3.84. The summed E-state index contributed by atoms with van der Waals surface area (Å²) in [5.41, 5.74) is 0.478. The monoisotopic (exact) mass is 276 g/mol. The molecule has 20 heavy (non-hydrogen) atoms. The average Bonchev–Trinajstić information content (AvgIpc) is 2.53. The summed E-state index contributed by atoms with van der Waals surface area (Å²) in [6, 6.07) is 0. The van der Waals surface area contributed by atoms with Gasteiger partial charge in [-0.3, -0.25) is 9.59 Å². The Hall–Kier alpha value is -1.98. The number of hydrogen-bond donors (Lipinski definition) is 2. The molecule has 2 N–H and O–H groups in total. The first kappa shape index (κ1) is 14.4. The highest BCUT2D eigenvalue weighted by Crippen LogP contribution is 2.28. The highest BCUT2D eigenvalue weighted by molar-refractivity contribution is 5.93. The van der Waals surface area contributed by atoms with Gasteiger partial charge in [0.2, 0.25) is 5.91 Å². The van der Waals surface area contributed by atoms with Crippen LogP contribution in [0.1, 0.15) is 36.0 Å². The Kier molecular flexibility index (Phi) is 5.03. The minimum absolute atomic E-state index is 0.133. The van der Waals surface area contributed by atoms with Gasteiger partial charge < -0.3 is 10.6 Å². The Morgan fingerprint density at radius 2 is 1.85 bits per heavy atom. The maximum atomic E-state index is 11.9.